The van der Waals surface area contributed by atoms with E-state index in [-0.39, 0.29) is 18.0 Å². The number of hydrogen-bond donors (Lipinski definition) is 0. The van der Waals surface area contributed by atoms with Crippen LogP contribution < -0.4 is 0 Å². The lowest BCUT2D eigenvalue weighted by Gasteiger charge is -2.10. The number of aliphatic imine (C=N–C) groups is 1. The lowest BCUT2D eigenvalue weighted by molar-refractivity contribution is 0.0990. The number of thiophene rings is 1. The van der Waals surface area contributed by atoms with Crippen molar-refractivity contribution in [3.63, 3.8) is 0 Å². The van der Waals surface area contributed by atoms with E-state index in [9.17, 15) is 9.59 Å². The topological polar surface area (TPSA) is 46.5 Å². The van der Waals surface area contributed by atoms with E-state index >= 15 is 0 Å². The van der Waals surface area contributed by atoms with Gasteiger partial charge in [0.05, 0.1) is 6.54 Å². The van der Waals surface area contributed by atoms with Crippen LogP contribution in [0.2, 0.25) is 0 Å². The van der Waals surface area contributed by atoms with Gasteiger partial charge in [0.25, 0.3) is 0 Å². The molecule has 1 aliphatic carbocycles. The van der Waals surface area contributed by atoms with Crippen LogP contribution in [-0.4, -0.2) is 17.8 Å². The molecule has 0 saturated carbocycles. The van der Waals surface area contributed by atoms with Gasteiger partial charge in [0.15, 0.2) is 11.6 Å². The Labute approximate surface area is 206 Å². The second-order valence-corrected chi connectivity index (χ2v) is 10.1. The van der Waals surface area contributed by atoms with Crippen molar-refractivity contribution < 1.29 is 9.59 Å². The van der Waals surface area contributed by atoms with Gasteiger partial charge < -0.3 is 0 Å². The number of fused-ring (bicyclic) bond motifs is 5. The summed E-state index contributed by atoms with van der Waals surface area (Å²) in [5.74, 6) is 0.0732. The molecule has 7 rings (SSSR count). The number of rotatable bonds is 4. The van der Waals surface area contributed by atoms with E-state index in [2.05, 4.69) is 29.3 Å². The summed E-state index contributed by atoms with van der Waals surface area (Å²) >= 11 is 1.74. The minimum absolute atomic E-state index is 0.0330. The molecule has 166 valence electrons. The second kappa shape index (κ2) is 7.69. The molecule has 0 radical (unpaired) electrons. The van der Waals surface area contributed by atoms with Crippen molar-refractivity contribution in [2.45, 2.75) is 13.0 Å². The summed E-state index contributed by atoms with van der Waals surface area (Å²) in [5, 5.41) is 1.21. The zero-order valence-corrected chi connectivity index (χ0v) is 19.6. The number of nitrogens with zero attached hydrogens (tertiary/aromatic N) is 1. The normalized spacial score (nSPS) is 13.2. The zero-order valence-electron chi connectivity index (χ0n) is 18.7. The largest absolute Gasteiger partial charge is 0.294 e. The van der Waals surface area contributed by atoms with Crippen molar-refractivity contribution in [1.82, 2.24) is 0 Å². The Morgan fingerprint density at radius 1 is 0.800 bits per heavy atom. The predicted molar refractivity (Wildman–Crippen MR) is 142 cm³/mol. The molecule has 0 spiro atoms. The van der Waals surface area contributed by atoms with Gasteiger partial charge in [-0.15, -0.1) is 11.3 Å². The third kappa shape index (κ3) is 3.22. The number of hydrogen-bond acceptors (Lipinski definition) is 4. The fourth-order valence-electron chi connectivity index (χ4n) is 5.19. The van der Waals surface area contributed by atoms with Crippen LogP contribution in [0, 0.1) is 0 Å². The lowest BCUT2D eigenvalue weighted by Crippen LogP contribution is -2.06. The van der Waals surface area contributed by atoms with E-state index in [1.54, 1.807) is 11.3 Å². The molecule has 4 heteroatoms. The van der Waals surface area contributed by atoms with Crippen molar-refractivity contribution in [3.8, 4) is 21.6 Å². The molecule has 0 N–H and O–H groups in total. The SMILES string of the molecule is O=C(Cc1ccc2c(c1)C(=O)c1ccccc1-2)c1cc2c(c(-c3cc4ccccc4s3)c1)CN=C2. The summed E-state index contributed by atoms with van der Waals surface area (Å²) < 4.78 is 1.23. The van der Waals surface area contributed by atoms with Gasteiger partial charge in [-0.25, -0.2) is 0 Å². The summed E-state index contributed by atoms with van der Waals surface area (Å²) in [4.78, 5) is 32.0. The maximum absolute atomic E-state index is 13.4. The van der Waals surface area contributed by atoms with Crippen LogP contribution in [0.15, 0.2) is 89.9 Å². The fourth-order valence-corrected chi connectivity index (χ4v) is 6.30. The number of Topliss-reactive ketones (excluding diaryl/α,β-unsaturated/α-hetero) is 1. The molecule has 0 saturated heterocycles. The molecule has 0 bridgehead atoms. The molecule has 5 aromatic rings. The first kappa shape index (κ1) is 20.2. The van der Waals surface area contributed by atoms with Gasteiger partial charge in [-0.1, -0.05) is 54.6 Å². The van der Waals surface area contributed by atoms with Crippen molar-refractivity contribution in [2.24, 2.45) is 4.99 Å². The molecule has 0 atom stereocenters. The fraction of sp³-hybridized carbons (Fsp3) is 0.0645. The van der Waals surface area contributed by atoms with Crippen LogP contribution in [0.4, 0.5) is 0 Å². The third-order valence-corrected chi connectivity index (χ3v) is 8.08. The number of carbonyl (C=O) groups is 2. The highest BCUT2D eigenvalue weighted by Gasteiger charge is 2.27. The summed E-state index contributed by atoms with van der Waals surface area (Å²) in [6.45, 7) is 0.640. The van der Waals surface area contributed by atoms with Gasteiger partial charge in [0, 0.05) is 38.9 Å². The molecule has 1 aliphatic heterocycles. The van der Waals surface area contributed by atoms with Gasteiger partial charge in [0.1, 0.15) is 0 Å². The van der Waals surface area contributed by atoms with Gasteiger partial charge in [-0.05, 0) is 69.1 Å². The quantitative estimate of drug-likeness (QED) is 0.258. The summed E-state index contributed by atoms with van der Waals surface area (Å²) in [5.41, 5.74) is 8.15. The first-order valence-corrected chi connectivity index (χ1v) is 12.4. The molecule has 3 nitrogen and oxygen atoms in total. The van der Waals surface area contributed by atoms with Crippen LogP contribution in [0.1, 0.15) is 43.0 Å². The molecule has 0 amide bonds. The Hall–Kier alpha value is -4.15. The predicted octanol–water partition coefficient (Wildman–Crippen LogP) is 7.14. The minimum Gasteiger partial charge on any atom is -0.294 e. The Bertz CT molecular complexity index is 1710. The molecule has 0 fully saturated rings. The van der Waals surface area contributed by atoms with Crippen molar-refractivity contribution in [1.29, 1.82) is 0 Å². The highest BCUT2D eigenvalue weighted by Crippen LogP contribution is 2.39. The third-order valence-electron chi connectivity index (χ3n) is 6.93. The van der Waals surface area contributed by atoms with Crippen molar-refractivity contribution in [2.75, 3.05) is 0 Å². The van der Waals surface area contributed by atoms with Crippen LogP contribution >= 0.6 is 11.3 Å². The molecule has 4 aromatic carbocycles. The van der Waals surface area contributed by atoms with Crippen LogP contribution in [0.25, 0.3) is 31.7 Å². The second-order valence-electron chi connectivity index (χ2n) is 9.06. The van der Waals surface area contributed by atoms with E-state index in [0.29, 0.717) is 17.7 Å². The molecule has 2 aliphatic rings. The lowest BCUT2D eigenvalue weighted by atomic mass is 9.93. The monoisotopic (exact) mass is 469 g/mol. The Kier molecular flexibility index (Phi) is 4.45. The molecule has 1 aromatic heterocycles. The van der Waals surface area contributed by atoms with Crippen LogP contribution in [-0.2, 0) is 13.0 Å². The van der Waals surface area contributed by atoms with Gasteiger partial charge in [-0.2, -0.15) is 0 Å². The molecule has 35 heavy (non-hydrogen) atoms. The molecular weight excluding hydrogens is 450 g/mol. The highest BCUT2D eigenvalue weighted by atomic mass is 32.1. The molecular formula is C31H19NO2S. The van der Waals surface area contributed by atoms with Gasteiger partial charge in [-0.3, -0.25) is 14.6 Å². The minimum atomic E-state index is 0.0330. The Balaban J connectivity index is 1.24. The Morgan fingerprint density at radius 3 is 2.49 bits per heavy atom. The van der Waals surface area contributed by atoms with Gasteiger partial charge >= 0.3 is 0 Å². The Morgan fingerprint density at radius 2 is 1.60 bits per heavy atom. The average molecular weight is 470 g/mol. The van der Waals surface area contributed by atoms with E-state index < -0.39 is 0 Å². The summed E-state index contributed by atoms with van der Waals surface area (Å²) in [6, 6.07) is 28.0. The van der Waals surface area contributed by atoms with E-state index in [1.807, 2.05) is 66.9 Å². The van der Waals surface area contributed by atoms with E-state index in [4.69, 9.17) is 0 Å². The molecule has 0 unspecified atom stereocenters. The van der Waals surface area contributed by atoms with Crippen LogP contribution in [0.3, 0.4) is 0 Å². The van der Waals surface area contributed by atoms with Gasteiger partial charge in [0.2, 0.25) is 0 Å². The van der Waals surface area contributed by atoms with E-state index in [0.717, 1.165) is 38.3 Å². The number of ketones is 2. The maximum atomic E-state index is 13.4. The highest BCUT2D eigenvalue weighted by molar-refractivity contribution is 7.22. The summed E-state index contributed by atoms with van der Waals surface area (Å²) in [7, 11) is 0. The zero-order chi connectivity index (χ0) is 23.5. The maximum Gasteiger partial charge on any atom is 0.194 e. The average Bonchev–Trinajstić information content (AvgIpc) is 3.60. The molecule has 2 heterocycles. The first-order chi connectivity index (χ1) is 17.2. The first-order valence-electron chi connectivity index (χ1n) is 11.6. The van der Waals surface area contributed by atoms with Crippen LogP contribution in [0.5, 0.6) is 0 Å². The van der Waals surface area contributed by atoms with Crippen molar-refractivity contribution >= 4 is 39.2 Å². The number of benzene rings is 4. The number of carbonyl (C=O) groups excluding carboxylic acids is 2. The summed E-state index contributed by atoms with van der Waals surface area (Å²) in [6.07, 6.45) is 2.12. The van der Waals surface area contributed by atoms with E-state index in [1.165, 1.54) is 15.6 Å². The standard InChI is InChI=1S/C31H19NO2S/c33-28(12-18-9-10-23-22-6-2-3-7-24(22)31(34)26(23)11-18)20-13-21-16-32-17-27(21)25(14-20)30-15-19-5-1-4-8-29(19)35-30/h1-11,13-16H,12,17H2. The smallest absolute Gasteiger partial charge is 0.194 e. The van der Waals surface area contributed by atoms with Crippen molar-refractivity contribution in [3.05, 3.63) is 118 Å².